The third kappa shape index (κ3) is 6.66. The van der Waals surface area contributed by atoms with Crippen LogP contribution in [0.25, 0.3) is 6.08 Å². The Morgan fingerprint density at radius 2 is 1.72 bits per heavy atom. The number of piperidine rings is 2. The number of hydrogen-bond donors (Lipinski definition) is 1. The lowest BCUT2D eigenvalue weighted by Crippen LogP contribution is -2.44. The van der Waals surface area contributed by atoms with Crippen molar-refractivity contribution >= 4 is 22.0 Å². The van der Waals surface area contributed by atoms with E-state index in [0.717, 1.165) is 31.1 Å². The summed E-state index contributed by atoms with van der Waals surface area (Å²) in [7, 11) is -3.45. The number of hydrogen-bond acceptors (Lipinski definition) is 4. The Morgan fingerprint density at radius 1 is 1.07 bits per heavy atom. The van der Waals surface area contributed by atoms with Gasteiger partial charge >= 0.3 is 0 Å². The van der Waals surface area contributed by atoms with E-state index in [1.165, 1.54) is 22.6 Å². The van der Waals surface area contributed by atoms with E-state index in [-0.39, 0.29) is 11.8 Å². The summed E-state index contributed by atoms with van der Waals surface area (Å²) in [4.78, 5) is 14.9. The highest BCUT2D eigenvalue weighted by molar-refractivity contribution is 7.92. The topological polar surface area (TPSA) is 69.7 Å². The van der Waals surface area contributed by atoms with Gasteiger partial charge in [0, 0.05) is 37.5 Å². The first-order valence-corrected chi connectivity index (χ1v) is 12.2. The van der Waals surface area contributed by atoms with Gasteiger partial charge in [0.1, 0.15) is 0 Å². The van der Waals surface area contributed by atoms with Crippen molar-refractivity contribution in [2.75, 3.05) is 39.3 Å². The van der Waals surface area contributed by atoms with E-state index in [0.29, 0.717) is 32.5 Å². The van der Waals surface area contributed by atoms with Crippen molar-refractivity contribution in [1.82, 2.24) is 14.5 Å². The maximum Gasteiger partial charge on any atom is 0.236 e. The summed E-state index contributed by atoms with van der Waals surface area (Å²) in [5.41, 5.74) is 0.855. The molecule has 29 heavy (non-hydrogen) atoms. The minimum absolute atomic E-state index is 0.0623. The van der Waals surface area contributed by atoms with Crippen molar-refractivity contribution in [2.45, 2.75) is 32.6 Å². The molecule has 0 aromatic heterocycles. The molecule has 3 rings (SSSR count). The molecule has 2 aliphatic rings. The molecule has 1 aromatic carbocycles. The quantitative estimate of drug-likeness (QED) is 0.737. The zero-order chi connectivity index (χ0) is 20.7. The molecule has 0 radical (unpaired) electrons. The van der Waals surface area contributed by atoms with Crippen LogP contribution in [0.2, 0.25) is 0 Å². The Balaban J connectivity index is 1.40. The van der Waals surface area contributed by atoms with Gasteiger partial charge in [-0.15, -0.1) is 0 Å². The van der Waals surface area contributed by atoms with Crippen LogP contribution in [0.3, 0.4) is 0 Å². The first kappa shape index (κ1) is 22.0. The van der Waals surface area contributed by atoms with Crippen LogP contribution in [-0.4, -0.2) is 62.8 Å². The Morgan fingerprint density at radius 3 is 2.38 bits per heavy atom. The number of sulfonamides is 1. The van der Waals surface area contributed by atoms with Gasteiger partial charge in [-0.25, -0.2) is 8.42 Å². The highest BCUT2D eigenvalue weighted by Gasteiger charge is 2.29. The molecule has 7 heteroatoms. The number of nitrogens with zero attached hydrogens (tertiary/aromatic N) is 2. The molecule has 2 fully saturated rings. The van der Waals surface area contributed by atoms with E-state index in [2.05, 4.69) is 17.1 Å². The maximum absolute atomic E-state index is 12.5. The predicted octanol–water partition coefficient (Wildman–Crippen LogP) is 2.55. The molecule has 0 unspecified atom stereocenters. The molecule has 0 saturated carbocycles. The first-order valence-electron chi connectivity index (χ1n) is 10.7. The fourth-order valence-electron chi connectivity index (χ4n) is 3.95. The van der Waals surface area contributed by atoms with Crippen molar-refractivity contribution in [3.63, 3.8) is 0 Å². The van der Waals surface area contributed by atoms with Crippen LogP contribution < -0.4 is 5.32 Å². The van der Waals surface area contributed by atoms with Crippen LogP contribution in [0.5, 0.6) is 0 Å². The number of carbonyl (C=O) groups excluding carboxylic acids is 1. The van der Waals surface area contributed by atoms with E-state index in [9.17, 15) is 13.2 Å². The lowest BCUT2D eigenvalue weighted by molar-refractivity contribution is -0.126. The maximum atomic E-state index is 12.5. The molecule has 160 valence electrons. The lowest BCUT2D eigenvalue weighted by Gasteiger charge is -2.31. The molecule has 1 N–H and O–H groups in total. The second-order valence-corrected chi connectivity index (χ2v) is 10.1. The van der Waals surface area contributed by atoms with Crippen molar-refractivity contribution < 1.29 is 13.2 Å². The number of amides is 1. The molecule has 2 heterocycles. The second-order valence-electron chi connectivity index (χ2n) is 8.25. The second kappa shape index (κ2) is 10.4. The molecular formula is C22H33N3O3S. The average Bonchev–Trinajstić information content (AvgIpc) is 2.74. The fraction of sp³-hybridized carbons (Fsp3) is 0.591. The predicted molar refractivity (Wildman–Crippen MR) is 117 cm³/mol. The molecule has 0 atom stereocenters. The van der Waals surface area contributed by atoms with Gasteiger partial charge in [-0.1, -0.05) is 37.3 Å². The van der Waals surface area contributed by atoms with Crippen molar-refractivity contribution in [1.29, 1.82) is 0 Å². The van der Waals surface area contributed by atoms with Crippen LogP contribution in [0.4, 0.5) is 0 Å². The summed E-state index contributed by atoms with van der Waals surface area (Å²) in [6.45, 7) is 6.88. The zero-order valence-corrected chi connectivity index (χ0v) is 18.1. The van der Waals surface area contributed by atoms with E-state index in [1.807, 2.05) is 30.3 Å². The van der Waals surface area contributed by atoms with Crippen LogP contribution in [0.15, 0.2) is 35.7 Å². The van der Waals surface area contributed by atoms with Gasteiger partial charge in [-0.2, -0.15) is 4.31 Å². The van der Waals surface area contributed by atoms with E-state index >= 15 is 0 Å². The van der Waals surface area contributed by atoms with Gasteiger partial charge in [-0.05, 0) is 56.3 Å². The normalized spacial score (nSPS) is 20.9. The average molecular weight is 420 g/mol. The van der Waals surface area contributed by atoms with E-state index in [4.69, 9.17) is 0 Å². The Kier molecular flexibility index (Phi) is 7.86. The Bertz CT molecular complexity index is 779. The highest BCUT2D eigenvalue weighted by Crippen LogP contribution is 2.21. The third-order valence-corrected chi connectivity index (χ3v) is 7.59. The summed E-state index contributed by atoms with van der Waals surface area (Å²) < 4.78 is 26.6. The minimum atomic E-state index is -3.45. The third-order valence-electron chi connectivity index (χ3n) is 6.02. The van der Waals surface area contributed by atoms with Crippen LogP contribution >= 0.6 is 0 Å². The lowest BCUT2D eigenvalue weighted by atomic mass is 9.97. The molecule has 1 aromatic rings. The van der Waals surface area contributed by atoms with Crippen LogP contribution in [-0.2, 0) is 14.8 Å². The van der Waals surface area contributed by atoms with Crippen molar-refractivity contribution in [3.8, 4) is 0 Å². The fourth-order valence-corrected chi connectivity index (χ4v) is 5.18. The molecule has 2 saturated heterocycles. The summed E-state index contributed by atoms with van der Waals surface area (Å²) in [6, 6.07) is 9.39. The van der Waals surface area contributed by atoms with Crippen LogP contribution in [0, 0.1) is 11.8 Å². The largest absolute Gasteiger partial charge is 0.355 e. The summed E-state index contributed by atoms with van der Waals surface area (Å²) in [6.07, 6.45) is 5.24. The van der Waals surface area contributed by atoms with Crippen molar-refractivity contribution in [3.05, 3.63) is 41.3 Å². The molecule has 0 spiro atoms. The summed E-state index contributed by atoms with van der Waals surface area (Å²) >= 11 is 0. The number of benzene rings is 1. The van der Waals surface area contributed by atoms with Crippen LogP contribution in [0.1, 0.15) is 38.2 Å². The van der Waals surface area contributed by atoms with E-state index < -0.39 is 10.0 Å². The number of rotatable bonds is 7. The molecule has 0 aliphatic carbocycles. The number of carbonyl (C=O) groups is 1. The van der Waals surface area contributed by atoms with Gasteiger partial charge in [-0.3, -0.25) is 4.79 Å². The monoisotopic (exact) mass is 419 g/mol. The SMILES string of the molecule is CC1CCN(CCNC(=O)C2CCN(S(=O)(=O)/C=C/c3ccccc3)CC2)CC1. The molecule has 0 bridgehead atoms. The summed E-state index contributed by atoms with van der Waals surface area (Å²) in [5.74, 6) is 0.776. The molecule has 2 aliphatic heterocycles. The van der Waals surface area contributed by atoms with E-state index in [1.54, 1.807) is 6.08 Å². The molecular weight excluding hydrogens is 386 g/mol. The number of likely N-dealkylation sites (tertiary alicyclic amines) is 1. The Labute approximate surface area is 175 Å². The standard InChI is InChI=1S/C22H33N3O3S/c1-19-7-13-24(14-8-19)17-12-23-22(26)21-9-15-25(16-10-21)29(27,28)18-11-20-5-3-2-4-6-20/h2-6,11,18-19,21H,7-10,12-17H2,1H3,(H,23,26)/b18-11+. The minimum Gasteiger partial charge on any atom is -0.355 e. The van der Waals surface area contributed by atoms with Gasteiger partial charge in [0.2, 0.25) is 15.9 Å². The molecule has 1 amide bonds. The number of nitrogens with one attached hydrogen (secondary N) is 1. The van der Waals surface area contributed by atoms with Crippen molar-refractivity contribution in [2.24, 2.45) is 11.8 Å². The van der Waals surface area contributed by atoms with Gasteiger partial charge in [0.15, 0.2) is 0 Å². The highest BCUT2D eigenvalue weighted by atomic mass is 32.2. The summed E-state index contributed by atoms with van der Waals surface area (Å²) in [5, 5.41) is 4.31. The van der Waals surface area contributed by atoms with Gasteiger partial charge in [0.05, 0.1) is 0 Å². The Hall–Kier alpha value is -1.70. The zero-order valence-electron chi connectivity index (χ0n) is 17.3. The smallest absolute Gasteiger partial charge is 0.236 e. The van der Waals surface area contributed by atoms with Gasteiger partial charge < -0.3 is 10.2 Å². The van der Waals surface area contributed by atoms with Gasteiger partial charge in [0.25, 0.3) is 0 Å². The first-order chi connectivity index (χ1) is 13.9. The molecule has 6 nitrogen and oxygen atoms in total.